The van der Waals surface area contributed by atoms with E-state index >= 15 is 0 Å². The number of benzene rings is 1. The summed E-state index contributed by atoms with van der Waals surface area (Å²) in [6.45, 7) is 1.60. The molecule has 1 aromatic heterocycles. The number of thiophene rings is 1. The Labute approximate surface area is 193 Å². The SMILES string of the molecule is O=C(Nc1ccc(S(=O)(=O)N2CCCCC2)cc1)[C@H]1CCCN(S(=O)(=O)c2cccs2)C1. The first kappa shape index (κ1) is 23.4. The third-order valence-electron chi connectivity index (χ3n) is 5.92. The molecule has 0 bridgehead atoms. The molecule has 1 N–H and O–H groups in total. The minimum Gasteiger partial charge on any atom is -0.326 e. The number of amides is 1. The molecule has 2 aliphatic heterocycles. The van der Waals surface area contributed by atoms with Crippen molar-refractivity contribution in [3.05, 3.63) is 41.8 Å². The fourth-order valence-corrected chi connectivity index (χ4v) is 8.31. The lowest BCUT2D eigenvalue weighted by Gasteiger charge is -2.30. The van der Waals surface area contributed by atoms with Crippen LogP contribution in [0.1, 0.15) is 32.1 Å². The van der Waals surface area contributed by atoms with Crippen molar-refractivity contribution in [3.8, 4) is 0 Å². The van der Waals surface area contributed by atoms with Crippen LogP contribution in [-0.4, -0.2) is 57.5 Å². The predicted molar refractivity (Wildman–Crippen MR) is 123 cm³/mol. The Morgan fingerprint density at radius 3 is 2.22 bits per heavy atom. The van der Waals surface area contributed by atoms with Gasteiger partial charge in [-0.05, 0) is 61.4 Å². The molecular formula is C21H27N3O5S3. The topological polar surface area (TPSA) is 104 Å². The van der Waals surface area contributed by atoms with E-state index in [1.54, 1.807) is 29.6 Å². The van der Waals surface area contributed by atoms with Gasteiger partial charge < -0.3 is 5.32 Å². The second-order valence-corrected chi connectivity index (χ2v) is 13.2. The molecule has 2 aliphatic rings. The van der Waals surface area contributed by atoms with E-state index in [1.807, 2.05) is 0 Å². The summed E-state index contributed by atoms with van der Waals surface area (Å²) in [6.07, 6.45) is 3.99. The molecule has 1 amide bonds. The van der Waals surface area contributed by atoms with Gasteiger partial charge in [-0.15, -0.1) is 11.3 Å². The first-order valence-corrected chi connectivity index (χ1v) is 14.5. The summed E-state index contributed by atoms with van der Waals surface area (Å²) in [4.78, 5) is 13.0. The summed E-state index contributed by atoms with van der Waals surface area (Å²) in [5.74, 6) is -0.724. The molecule has 4 rings (SSSR count). The van der Waals surface area contributed by atoms with Crippen LogP contribution in [0.25, 0.3) is 0 Å². The quantitative estimate of drug-likeness (QED) is 0.661. The number of hydrogen-bond acceptors (Lipinski definition) is 6. The maximum absolute atomic E-state index is 12.8. The lowest BCUT2D eigenvalue weighted by atomic mass is 9.99. The summed E-state index contributed by atoms with van der Waals surface area (Å²) >= 11 is 1.17. The Kier molecular flexibility index (Phi) is 7.01. The molecule has 11 heteroatoms. The monoisotopic (exact) mass is 497 g/mol. The van der Waals surface area contributed by atoms with Gasteiger partial charge in [0.25, 0.3) is 10.0 Å². The van der Waals surface area contributed by atoms with Gasteiger partial charge in [-0.2, -0.15) is 8.61 Å². The van der Waals surface area contributed by atoms with E-state index in [-0.39, 0.29) is 21.6 Å². The van der Waals surface area contributed by atoms with Gasteiger partial charge in [0.15, 0.2) is 0 Å². The maximum atomic E-state index is 12.8. The van der Waals surface area contributed by atoms with E-state index in [1.165, 1.54) is 32.1 Å². The molecule has 2 aromatic rings. The molecule has 0 radical (unpaired) electrons. The lowest BCUT2D eigenvalue weighted by Crippen LogP contribution is -2.43. The minimum atomic E-state index is -3.59. The third kappa shape index (κ3) is 4.91. The van der Waals surface area contributed by atoms with Gasteiger partial charge in [0, 0.05) is 31.9 Å². The molecule has 0 spiro atoms. The molecule has 2 saturated heterocycles. The number of rotatable bonds is 6. The zero-order chi connectivity index (χ0) is 22.8. The highest BCUT2D eigenvalue weighted by molar-refractivity contribution is 7.91. The second kappa shape index (κ2) is 9.60. The average Bonchev–Trinajstić information content (AvgIpc) is 3.36. The molecule has 0 aliphatic carbocycles. The standard InChI is InChI=1S/C21H27N3O5S3/c25-21(17-6-4-14-24(16-17)32(28,29)20-7-5-15-30-20)22-18-8-10-19(11-9-18)31(26,27)23-12-2-1-3-13-23/h5,7-11,15,17H,1-4,6,12-14,16H2,(H,22,25)/t17-/m0/s1. The van der Waals surface area contributed by atoms with Crippen LogP contribution < -0.4 is 5.32 Å². The minimum absolute atomic E-state index is 0.132. The van der Waals surface area contributed by atoms with Crippen molar-refractivity contribution in [1.82, 2.24) is 8.61 Å². The van der Waals surface area contributed by atoms with Crippen molar-refractivity contribution < 1.29 is 21.6 Å². The number of carbonyl (C=O) groups excluding carboxylic acids is 1. The summed E-state index contributed by atoms with van der Waals surface area (Å²) in [5, 5.41) is 4.53. The number of nitrogens with zero attached hydrogens (tertiary/aromatic N) is 2. The molecule has 0 saturated carbocycles. The Balaban J connectivity index is 1.40. The van der Waals surface area contributed by atoms with Crippen molar-refractivity contribution in [2.24, 2.45) is 5.92 Å². The number of nitrogens with one attached hydrogen (secondary N) is 1. The zero-order valence-corrected chi connectivity index (χ0v) is 20.1. The van der Waals surface area contributed by atoms with Gasteiger partial charge in [0.05, 0.1) is 10.8 Å². The molecule has 1 atom stereocenters. The summed E-state index contributed by atoms with van der Waals surface area (Å²) in [6, 6.07) is 9.45. The normalized spacial score (nSPS) is 21.3. The highest BCUT2D eigenvalue weighted by Crippen LogP contribution is 2.27. The molecule has 2 fully saturated rings. The first-order chi connectivity index (χ1) is 15.3. The van der Waals surface area contributed by atoms with Crippen LogP contribution in [0, 0.1) is 5.92 Å². The molecule has 1 aromatic carbocycles. The van der Waals surface area contributed by atoms with Crippen LogP contribution in [0.4, 0.5) is 5.69 Å². The van der Waals surface area contributed by atoms with Crippen LogP contribution in [0.2, 0.25) is 0 Å². The predicted octanol–water partition coefficient (Wildman–Crippen LogP) is 2.96. The van der Waals surface area contributed by atoms with Gasteiger partial charge >= 0.3 is 0 Å². The van der Waals surface area contributed by atoms with Gasteiger partial charge in [-0.25, -0.2) is 16.8 Å². The van der Waals surface area contributed by atoms with Crippen LogP contribution in [0.5, 0.6) is 0 Å². The molecule has 0 unspecified atom stereocenters. The van der Waals surface area contributed by atoms with Crippen molar-refractivity contribution in [3.63, 3.8) is 0 Å². The Bertz CT molecular complexity index is 1140. The fourth-order valence-electron chi connectivity index (χ4n) is 4.12. The highest BCUT2D eigenvalue weighted by Gasteiger charge is 2.34. The zero-order valence-electron chi connectivity index (χ0n) is 17.6. The van der Waals surface area contributed by atoms with E-state index in [0.29, 0.717) is 38.2 Å². The van der Waals surface area contributed by atoms with E-state index in [0.717, 1.165) is 19.3 Å². The van der Waals surface area contributed by atoms with Gasteiger partial charge in [0.1, 0.15) is 4.21 Å². The molecule has 32 heavy (non-hydrogen) atoms. The number of carbonyl (C=O) groups is 1. The average molecular weight is 498 g/mol. The molecule has 8 nitrogen and oxygen atoms in total. The summed E-state index contributed by atoms with van der Waals surface area (Å²) in [5.41, 5.74) is 0.492. The Hall–Kier alpha value is -1.79. The maximum Gasteiger partial charge on any atom is 0.252 e. The molecule has 3 heterocycles. The van der Waals surface area contributed by atoms with Gasteiger partial charge in [0.2, 0.25) is 15.9 Å². The van der Waals surface area contributed by atoms with Gasteiger partial charge in [-0.1, -0.05) is 12.5 Å². The fraction of sp³-hybridized carbons (Fsp3) is 0.476. The number of anilines is 1. The van der Waals surface area contributed by atoms with Crippen molar-refractivity contribution in [2.45, 2.75) is 41.2 Å². The second-order valence-electron chi connectivity index (χ2n) is 8.11. The van der Waals surface area contributed by atoms with Crippen molar-refractivity contribution in [2.75, 3.05) is 31.5 Å². The third-order valence-corrected chi connectivity index (χ3v) is 11.1. The van der Waals surface area contributed by atoms with Crippen molar-refractivity contribution in [1.29, 1.82) is 0 Å². The van der Waals surface area contributed by atoms with E-state index in [4.69, 9.17) is 0 Å². The van der Waals surface area contributed by atoms with Crippen molar-refractivity contribution >= 4 is 43.0 Å². The van der Waals surface area contributed by atoms with E-state index in [2.05, 4.69) is 5.32 Å². The summed E-state index contributed by atoms with van der Waals surface area (Å²) in [7, 11) is -7.11. The number of piperidine rings is 2. The van der Waals surface area contributed by atoms with E-state index < -0.39 is 26.0 Å². The van der Waals surface area contributed by atoms with Crippen LogP contribution in [0.15, 0.2) is 50.9 Å². The Morgan fingerprint density at radius 2 is 1.56 bits per heavy atom. The number of sulfonamides is 2. The lowest BCUT2D eigenvalue weighted by molar-refractivity contribution is -0.120. The van der Waals surface area contributed by atoms with Crippen LogP contribution in [-0.2, 0) is 24.8 Å². The van der Waals surface area contributed by atoms with Crippen LogP contribution >= 0.6 is 11.3 Å². The Morgan fingerprint density at radius 1 is 0.875 bits per heavy atom. The van der Waals surface area contributed by atoms with Gasteiger partial charge in [-0.3, -0.25) is 4.79 Å². The van der Waals surface area contributed by atoms with Crippen LogP contribution in [0.3, 0.4) is 0 Å². The molecule has 174 valence electrons. The first-order valence-electron chi connectivity index (χ1n) is 10.7. The van der Waals surface area contributed by atoms with E-state index in [9.17, 15) is 21.6 Å². The molecular weight excluding hydrogens is 470 g/mol. The number of hydrogen-bond donors (Lipinski definition) is 1. The smallest absolute Gasteiger partial charge is 0.252 e. The largest absolute Gasteiger partial charge is 0.326 e. The summed E-state index contributed by atoms with van der Waals surface area (Å²) < 4.78 is 54.3. The highest BCUT2D eigenvalue weighted by atomic mass is 32.2.